The molecule has 0 aliphatic heterocycles. The molecule has 6 nitrogen and oxygen atoms in total. The second-order valence-corrected chi connectivity index (χ2v) is 6.76. The lowest BCUT2D eigenvalue weighted by atomic mass is 10.0. The molecule has 0 radical (unpaired) electrons. The number of aromatic amines is 1. The van der Waals surface area contributed by atoms with E-state index in [-0.39, 0.29) is 5.91 Å². The summed E-state index contributed by atoms with van der Waals surface area (Å²) in [6.07, 6.45) is 1.71. The molecule has 0 spiro atoms. The lowest BCUT2D eigenvalue weighted by Gasteiger charge is -2.12. The molecule has 2 N–H and O–H groups in total. The zero-order valence-electron chi connectivity index (χ0n) is 15.4. The monoisotopic (exact) mass is 359 g/mol. The zero-order chi connectivity index (χ0) is 18.8. The Morgan fingerprint density at radius 1 is 1.15 bits per heavy atom. The van der Waals surface area contributed by atoms with Crippen LogP contribution in [0.4, 0.5) is 0 Å². The van der Waals surface area contributed by atoms with Gasteiger partial charge in [0.15, 0.2) is 0 Å². The number of carbonyl (C=O) groups is 1. The van der Waals surface area contributed by atoms with Crippen molar-refractivity contribution in [3.05, 3.63) is 60.3 Å². The third-order valence-corrected chi connectivity index (χ3v) is 4.46. The van der Waals surface area contributed by atoms with E-state index in [2.05, 4.69) is 20.3 Å². The van der Waals surface area contributed by atoms with Gasteiger partial charge < -0.3 is 15.2 Å². The molecule has 0 atom stereocenters. The largest absolute Gasteiger partial charge is 0.351 e. The molecule has 0 saturated heterocycles. The number of nitrogens with zero attached hydrogens (tertiary/aromatic N) is 3. The molecule has 4 aromatic rings. The van der Waals surface area contributed by atoms with Crippen molar-refractivity contribution in [2.45, 2.75) is 0 Å². The van der Waals surface area contributed by atoms with E-state index in [1.807, 2.05) is 67.5 Å². The maximum Gasteiger partial charge on any atom is 0.253 e. The number of rotatable bonds is 5. The first-order valence-corrected chi connectivity index (χ1v) is 8.88. The van der Waals surface area contributed by atoms with Gasteiger partial charge in [-0.1, -0.05) is 18.2 Å². The summed E-state index contributed by atoms with van der Waals surface area (Å²) >= 11 is 0. The number of imidazole rings is 1. The summed E-state index contributed by atoms with van der Waals surface area (Å²) < 4.78 is 0. The average molecular weight is 359 g/mol. The fourth-order valence-electron chi connectivity index (χ4n) is 3.08. The van der Waals surface area contributed by atoms with Gasteiger partial charge in [-0.15, -0.1) is 0 Å². The highest BCUT2D eigenvalue weighted by Crippen LogP contribution is 2.26. The molecule has 0 unspecified atom stereocenters. The van der Waals surface area contributed by atoms with Crippen molar-refractivity contribution < 1.29 is 4.79 Å². The van der Waals surface area contributed by atoms with E-state index in [4.69, 9.17) is 0 Å². The number of likely N-dealkylation sites (N-methyl/N-ethyl adjacent to an activating group) is 1. The Labute approximate surface area is 157 Å². The summed E-state index contributed by atoms with van der Waals surface area (Å²) in [6.45, 7) is 1.36. The van der Waals surface area contributed by atoms with Crippen LogP contribution in [0, 0.1) is 0 Å². The normalized spacial score (nSPS) is 11.4. The molecule has 0 aliphatic rings. The third-order valence-electron chi connectivity index (χ3n) is 4.46. The quantitative estimate of drug-likeness (QED) is 0.574. The predicted molar refractivity (Wildman–Crippen MR) is 108 cm³/mol. The lowest BCUT2D eigenvalue weighted by molar-refractivity contribution is 0.0952. The maximum atomic E-state index is 12.8. The van der Waals surface area contributed by atoms with Gasteiger partial charge in [-0.05, 0) is 44.4 Å². The van der Waals surface area contributed by atoms with Crippen molar-refractivity contribution in [2.24, 2.45) is 0 Å². The number of H-pyrrole nitrogens is 1. The second-order valence-electron chi connectivity index (χ2n) is 6.76. The van der Waals surface area contributed by atoms with Crippen LogP contribution in [0.5, 0.6) is 0 Å². The van der Waals surface area contributed by atoms with E-state index in [0.717, 1.165) is 34.4 Å². The minimum absolute atomic E-state index is 0.126. The minimum Gasteiger partial charge on any atom is -0.351 e. The third kappa shape index (κ3) is 3.52. The molecule has 136 valence electrons. The van der Waals surface area contributed by atoms with Gasteiger partial charge in [0.2, 0.25) is 0 Å². The van der Waals surface area contributed by atoms with Crippen LogP contribution in [0.15, 0.2) is 54.7 Å². The van der Waals surface area contributed by atoms with E-state index in [1.165, 1.54) is 0 Å². The van der Waals surface area contributed by atoms with Gasteiger partial charge in [-0.2, -0.15) is 0 Å². The molecule has 2 heterocycles. The van der Waals surface area contributed by atoms with Crippen molar-refractivity contribution in [1.82, 2.24) is 25.2 Å². The number of hydrogen-bond donors (Lipinski definition) is 2. The van der Waals surface area contributed by atoms with Crippen LogP contribution in [0.25, 0.3) is 33.3 Å². The molecule has 0 bridgehead atoms. The Balaban J connectivity index is 1.77. The topological polar surface area (TPSA) is 73.9 Å². The van der Waals surface area contributed by atoms with E-state index in [1.54, 1.807) is 6.20 Å². The Morgan fingerprint density at radius 3 is 2.81 bits per heavy atom. The number of aromatic nitrogens is 3. The molecule has 0 saturated carbocycles. The molecular formula is C21H21N5O. The Kier molecular flexibility index (Phi) is 4.56. The highest BCUT2D eigenvalue weighted by Gasteiger charge is 2.15. The van der Waals surface area contributed by atoms with Crippen molar-refractivity contribution in [1.29, 1.82) is 0 Å². The molecule has 1 amide bonds. The molecule has 4 rings (SSSR count). The van der Waals surface area contributed by atoms with Crippen LogP contribution < -0.4 is 5.32 Å². The Bertz CT molecular complexity index is 1080. The van der Waals surface area contributed by atoms with Gasteiger partial charge in [0.05, 0.1) is 22.1 Å². The van der Waals surface area contributed by atoms with Gasteiger partial charge in [0.1, 0.15) is 5.82 Å². The number of pyridine rings is 1. The van der Waals surface area contributed by atoms with Gasteiger partial charge in [-0.25, -0.2) is 4.98 Å². The van der Waals surface area contributed by atoms with Gasteiger partial charge >= 0.3 is 0 Å². The molecule has 6 heteroatoms. The van der Waals surface area contributed by atoms with Crippen molar-refractivity contribution in [2.75, 3.05) is 27.2 Å². The van der Waals surface area contributed by atoms with Crippen molar-refractivity contribution >= 4 is 27.8 Å². The molecule has 0 fully saturated rings. The van der Waals surface area contributed by atoms with Gasteiger partial charge in [0.25, 0.3) is 5.91 Å². The molecule has 27 heavy (non-hydrogen) atoms. The highest BCUT2D eigenvalue weighted by atomic mass is 16.1. The van der Waals surface area contributed by atoms with E-state index < -0.39 is 0 Å². The van der Waals surface area contributed by atoms with Crippen molar-refractivity contribution in [3.8, 4) is 11.4 Å². The fourth-order valence-corrected chi connectivity index (χ4v) is 3.08. The fraction of sp³-hybridized carbons (Fsp3) is 0.190. The van der Waals surface area contributed by atoms with E-state index >= 15 is 0 Å². The smallest absolute Gasteiger partial charge is 0.253 e. The molecule has 2 aromatic carbocycles. The minimum atomic E-state index is -0.126. The first-order valence-electron chi connectivity index (χ1n) is 8.88. The van der Waals surface area contributed by atoms with Crippen molar-refractivity contribution in [3.63, 3.8) is 0 Å². The van der Waals surface area contributed by atoms with Crippen LogP contribution in [-0.2, 0) is 0 Å². The predicted octanol–water partition coefficient (Wildman–Crippen LogP) is 3.07. The standard InChI is InChI=1S/C21H21N5O/c1-26(2)11-10-23-21(27)16-13-15(12-14-6-5-9-22-19(14)16)20-24-17-7-3-4-8-18(17)25-20/h3-9,12-13H,10-11H2,1-2H3,(H,23,27)(H,24,25). The summed E-state index contributed by atoms with van der Waals surface area (Å²) in [5, 5.41) is 3.89. The average Bonchev–Trinajstić information content (AvgIpc) is 3.11. The number of para-hydroxylation sites is 2. The van der Waals surface area contributed by atoms with E-state index in [9.17, 15) is 4.79 Å². The summed E-state index contributed by atoms with van der Waals surface area (Å²) in [5.41, 5.74) is 3.98. The first kappa shape index (κ1) is 17.2. The number of hydrogen-bond acceptors (Lipinski definition) is 4. The SMILES string of the molecule is CN(C)CCNC(=O)c1cc(-c2nc3ccccc3[nH]2)cc2cccnc12. The lowest BCUT2D eigenvalue weighted by Crippen LogP contribution is -2.31. The summed E-state index contributed by atoms with van der Waals surface area (Å²) in [6, 6.07) is 15.6. The van der Waals surface area contributed by atoms with Crippen LogP contribution in [0.2, 0.25) is 0 Å². The number of benzene rings is 2. The summed E-state index contributed by atoms with van der Waals surface area (Å²) in [7, 11) is 3.95. The second kappa shape index (κ2) is 7.17. The number of nitrogens with one attached hydrogen (secondary N) is 2. The molecule has 0 aliphatic carbocycles. The number of carbonyl (C=O) groups excluding carboxylic acids is 1. The van der Waals surface area contributed by atoms with Crippen LogP contribution in [-0.4, -0.2) is 52.9 Å². The van der Waals surface area contributed by atoms with E-state index in [0.29, 0.717) is 17.6 Å². The Hall–Kier alpha value is -3.25. The van der Waals surface area contributed by atoms with Gasteiger partial charge in [0, 0.05) is 30.2 Å². The first-order chi connectivity index (χ1) is 13.1. The Morgan fingerprint density at radius 2 is 2.00 bits per heavy atom. The van der Waals surface area contributed by atoms with Crippen LogP contribution >= 0.6 is 0 Å². The maximum absolute atomic E-state index is 12.8. The summed E-state index contributed by atoms with van der Waals surface area (Å²) in [4.78, 5) is 27.2. The highest BCUT2D eigenvalue weighted by molar-refractivity contribution is 6.07. The number of fused-ring (bicyclic) bond motifs is 2. The molecular weight excluding hydrogens is 338 g/mol. The summed E-state index contributed by atoms with van der Waals surface area (Å²) in [5.74, 6) is 0.614. The molecule has 2 aromatic heterocycles. The van der Waals surface area contributed by atoms with Crippen LogP contribution in [0.1, 0.15) is 10.4 Å². The number of amides is 1. The van der Waals surface area contributed by atoms with Gasteiger partial charge in [-0.3, -0.25) is 9.78 Å². The van der Waals surface area contributed by atoms with Crippen LogP contribution in [0.3, 0.4) is 0 Å². The zero-order valence-corrected chi connectivity index (χ0v) is 15.4.